The smallest absolute Gasteiger partial charge is 0.223 e. The Labute approximate surface area is 108 Å². The summed E-state index contributed by atoms with van der Waals surface area (Å²) in [5.41, 5.74) is 5.67. The lowest BCUT2D eigenvalue weighted by Gasteiger charge is -2.16. The Morgan fingerprint density at radius 2 is 2.00 bits per heavy atom. The molecular formula is C12H22N6. The fourth-order valence-corrected chi connectivity index (χ4v) is 1.89. The van der Waals surface area contributed by atoms with Crippen LogP contribution in [0.1, 0.15) is 19.8 Å². The molecule has 0 unspecified atom stereocenters. The normalized spacial score (nSPS) is 14.8. The molecule has 1 aromatic rings. The van der Waals surface area contributed by atoms with Crippen molar-refractivity contribution in [2.45, 2.75) is 25.8 Å². The quantitative estimate of drug-likeness (QED) is 0.670. The van der Waals surface area contributed by atoms with Crippen molar-refractivity contribution in [1.82, 2.24) is 14.9 Å². The summed E-state index contributed by atoms with van der Waals surface area (Å²) in [4.78, 5) is 10.7. The SMILES string of the molecule is CCNc1cc(NCCN(C)C2CC2)nc(N)n1. The number of hydrogen-bond acceptors (Lipinski definition) is 6. The fraction of sp³-hybridized carbons (Fsp3) is 0.667. The molecule has 0 aromatic carbocycles. The van der Waals surface area contributed by atoms with E-state index in [0.29, 0.717) is 5.95 Å². The molecule has 0 radical (unpaired) electrons. The number of hydrogen-bond donors (Lipinski definition) is 3. The van der Waals surface area contributed by atoms with Gasteiger partial charge in [-0.25, -0.2) is 0 Å². The third-order valence-corrected chi connectivity index (χ3v) is 3.04. The molecule has 1 saturated carbocycles. The maximum Gasteiger partial charge on any atom is 0.223 e. The molecule has 2 rings (SSSR count). The number of nitrogen functional groups attached to an aromatic ring is 1. The zero-order chi connectivity index (χ0) is 13.0. The minimum absolute atomic E-state index is 0.298. The van der Waals surface area contributed by atoms with Gasteiger partial charge < -0.3 is 21.3 Å². The van der Waals surface area contributed by atoms with Crippen LogP contribution in [0.3, 0.4) is 0 Å². The van der Waals surface area contributed by atoms with E-state index in [4.69, 9.17) is 5.73 Å². The molecule has 1 aliphatic carbocycles. The van der Waals surface area contributed by atoms with Gasteiger partial charge in [-0.05, 0) is 26.8 Å². The van der Waals surface area contributed by atoms with Crippen LogP contribution in [0.5, 0.6) is 0 Å². The average molecular weight is 250 g/mol. The van der Waals surface area contributed by atoms with E-state index >= 15 is 0 Å². The van der Waals surface area contributed by atoms with Crippen LogP contribution in [0.2, 0.25) is 0 Å². The number of nitrogens with zero attached hydrogens (tertiary/aromatic N) is 3. The van der Waals surface area contributed by atoms with Crippen molar-refractivity contribution in [2.24, 2.45) is 0 Å². The molecule has 0 amide bonds. The largest absolute Gasteiger partial charge is 0.370 e. The minimum atomic E-state index is 0.298. The van der Waals surface area contributed by atoms with Crippen LogP contribution < -0.4 is 16.4 Å². The van der Waals surface area contributed by atoms with Crippen LogP contribution >= 0.6 is 0 Å². The maximum absolute atomic E-state index is 5.67. The van der Waals surface area contributed by atoms with Gasteiger partial charge in [0.15, 0.2) is 0 Å². The molecule has 6 nitrogen and oxygen atoms in total. The van der Waals surface area contributed by atoms with E-state index in [-0.39, 0.29) is 0 Å². The van der Waals surface area contributed by atoms with Crippen LogP contribution in [-0.4, -0.2) is 47.6 Å². The van der Waals surface area contributed by atoms with Gasteiger partial charge in [0.2, 0.25) is 5.95 Å². The van der Waals surface area contributed by atoms with Crippen molar-refractivity contribution in [1.29, 1.82) is 0 Å². The Morgan fingerprint density at radius 1 is 1.33 bits per heavy atom. The van der Waals surface area contributed by atoms with Crippen molar-refractivity contribution >= 4 is 17.6 Å². The van der Waals surface area contributed by atoms with Crippen LogP contribution in [-0.2, 0) is 0 Å². The monoisotopic (exact) mass is 250 g/mol. The third-order valence-electron chi connectivity index (χ3n) is 3.04. The fourth-order valence-electron chi connectivity index (χ4n) is 1.89. The Bertz CT molecular complexity index is 390. The van der Waals surface area contributed by atoms with Gasteiger partial charge in [0.05, 0.1) is 0 Å². The minimum Gasteiger partial charge on any atom is -0.370 e. The first kappa shape index (κ1) is 12.9. The lowest BCUT2D eigenvalue weighted by molar-refractivity contribution is 0.337. The first-order valence-electron chi connectivity index (χ1n) is 6.51. The summed E-state index contributed by atoms with van der Waals surface area (Å²) < 4.78 is 0. The van der Waals surface area contributed by atoms with E-state index in [2.05, 4.69) is 32.5 Å². The van der Waals surface area contributed by atoms with Crippen LogP contribution in [0, 0.1) is 0 Å². The molecule has 1 fully saturated rings. The molecule has 0 bridgehead atoms. The molecule has 1 aromatic heterocycles. The molecule has 18 heavy (non-hydrogen) atoms. The topological polar surface area (TPSA) is 79.1 Å². The molecule has 4 N–H and O–H groups in total. The summed E-state index contributed by atoms with van der Waals surface area (Å²) in [6.45, 7) is 4.73. The summed E-state index contributed by atoms with van der Waals surface area (Å²) in [6.07, 6.45) is 2.67. The maximum atomic E-state index is 5.67. The van der Waals surface area contributed by atoms with Crippen molar-refractivity contribution in [2.75, 3.05) is 43.0 Å². The molecular weight excluding hydrogens is 228 g/mol. The zero-order valence-corrected chi connectivity index (χ0v) is 11.1. The number of nitrogens with one attached hydrogen (secondary N) is 2. The van der Waals surface area contributed by atoms with Crippen LogP contribution in [0.25, 0.3) is 0 Å². The summed E-state index contributed by atoms with van der Waals surface area (Å²) in [5, 5.41) is 6.42. The Morgan fingerprint density at radius 3 is 2.61 bits per heavy atom. The van der Waals surface area contributed by atoms with E-state index < -0.39 is 0 Å². The molecule has 0 aliphatic heterocycles. The highest BCUT2D eigenvalue weighted by molar-refractivity contribution is 5.50. The highest BCUT2D eigenvalue weighted by atomic mass is 15.2. The summed E-state index contributed by atoms with van der Waals surface area (Å²) in [7, 11) is 2.16. The summed E-state index contributed by atoms with van der Waals surface area (Å²) >= 11 is 0. The van der Waals surface area contributed by atoms with Crippen LogP contribution in [0.15, 0.2) is 6.07 Å². The molecule has 0 spiro atoms. The molecule has 1 aliphatic rings. The zero-order valence-electron chi connectivity index (χ0n) is 11.1. The Balaban J connectivity index is 1.83. The Kier molecular flexibility index (Phi) is 4.19. The van der Waals surface area contributed by atoms with E-state index in [1.54, 1.807) is 0 Å². The van der Waals surface area contributed by atoms with Gasteiger partial charge in [-0.15, -0.1) is 0 Å². The van der Waals surface area contributed by atoms with E-state index in [1.807, 2.05) is 13.0 Å². The van der Waals surface area contributed by atoms with E-state index in [0.717, 1.165) is 37.3 Å². The lowest BCUT2D eigenvalue weighted by Crippen LogP contribution is -2.27. The Hall–Kier alpha value is -1.56. The van der Waals surface area contributed by atoms with Crippen LogP contribution in [0.4, 0.5) is 17.6 Å². The first-order chi connectivity index (χ1) is 8.69. The van der Waals surface area contributed by atoms with Gasteiger partial charge in [-0.2, -0.15) is 9.97 Å². The van der Waals surface area contributed by atoms with Gasteiger partial charge in [-0.1, -0.05) is 0 Å². The van der Waals surface area contributed by atoms with Crippen molar-refractivity contribution < 1.29 is 0 Å². The highest BCUT2D eigenvalue weighted by Gasteiger charge is 2.25. The first-order valence-corrected chi connectivity index (χ1v) is 6.51. The standard InChI is InChI=1S/C12H22N6/c1-3-14-10-8-11(17-12(13)16-10)15-6-7-18(2)9-4-5-9/h8-9H,3-7H2,1-2H3,(H4,13,14,15,16,17). The molecule has 0 atom stereocenters. The lowest BCUT2D eigenvalue weighted by atomic mass is 10.4. The van der Waals surface area contributed by atoms with E-state index in [1.165, 1.54) is 12.8 Å². The summed E-state index contributed by atoms with van der Waals surface area (Å²) in [6, 6.07) is 2.68. The van der Waals surface area contributed by atoms with E-state index in [9.17, 15) is 0 Å². The predicted octanol–water partition coefficient (Wildman–Crippen LogP) is 0.997. The number of anilines is 3. The number of likely N-dealkylation sites (N-methyl/N-ethyl adjacent to an activating group) is 1. The average Bonchev–Trinajstić information content (AvgIpc) is 3.12. The second kappa shape index (κ2) is 5.86. The van der Waals surface area contributed by atoms with Gasteiger partial charge >= 0.3 is 0 Å². The van der Waals surface area contributed by atoms with Gasteiger partial charge in [-0.3, -0.25) is 0 Å². The van der Waals surface area contributed by atoms with Gasteiger partial charge in [0.1, 0.15) is 11.6 Å². The highest BCUT2D eigenvalue weighted by Crippen LogP contribution is 2.24. The van der Waals surface area contributed by atoms with Gasteiger partial charge in [0, 0.05) is 31.7 Å². The van der Waals surface area contributed by atoms with Gasteiger partial charge in [0.25, 0.3) is 0 Å². The molecule has 6 heteroatoms. The molecule has 100 valence electrons. The third kappa shape index (κ3) is 3.73. The summed E-state index contributed by atoms with van der Waals surface area (Å²) in [5.74, 6) is 1.84. The number of rotatable bonds is 7. The number of nitrogens with two attached hydrogens (primary N) is 1. The van der Waals surface area contributed by atoms with Crippen molar-refractivity contribution in [3.63, 3.8) is 0 Å². The van der Waals surface area contributed by atoms with Crippen molar-refractivity contribution in [3.8, 4) is 0 Å². The number of aromatic nitrogens is 2. The predicted molar refractivity (Wildman–Crippen MR) is 74.7 cm³/mol. The molecule has 0 saturated heterocycles. The second-order valence-electron chi connectivity index (χ2n) is 4.67. The molecule has 1 heterocycles. The van der Waals surface area contributed by atoms with Crippen molar-refractivity contribution in [3.05, 3.63) is 6.07 Å². The second-order valence-corrected chi connectivity index (χ2v) is 4.67.